The second-order valence-corrected chi connectivity index (χ2v) is 5.52. The molecular formula is C18H23ClN4O3. The van der Waals surface area contributed by atoms with Crippen molar-refractivity contribution in [3.8, 4) is 17.4 Å². The van der Waals surface area contributed by atoms with Gasteiger partial charge in [-0.3, -0.25) is 4.99 Å². The Kier molecular flexibility index (Phi) is 7.82. The zero-order chi connectivity index (χ0) is 18.8. The highest BCUT2D eigenvalue weighted by molar-refractivity contribution is 6.30. The van der Waals surface area contributed by atoms with Gasteiger partial charge in [0.05, 0.1) is 25.3 Å². The predicted molar refractivity (Wildman–Crippen MR) is 104 cm³/mol. The van der Waals surface area contributed by atoms with Crippen LogP contribution in [0.4, 0.5) is 5.69 Å². The van der Waals surface area contributed by atoms with E-state index in [2.05, 4.69) is 20.6 Å². The fourth-order valence-electron chi connectivity index (χ4n) is 2.11. The average molecular weight is 379 g/mol. The Morgan fingerprint density at radius 1 is 1.19 bits per heavy atom. The first-order valence-corrected chi connectivity index (χ1v) is 8.57. The number of nitrogens with zero attached hydrogens (tertiary/aromatic N) is 2. The van der Waals surface area contributed by atoms with E-state index >= 15 is 0 Å². The molecule has 2 N–H and O–H groups in total. The summed E-state index contributed by atoms with van der Waals surface area (Å²) >= 11 is 5.79. The Morgan fingerprint density at radius 2 is 2.04 bits per heavy atom. The second-order valence-electron chi connectivity index (χ2n) is 5.09. The molecule has 0 unspecified atom stereocenters. The molecule has 0 aliphatic heterocycles. The summed E-state index contributed by atoms with van der Waals surface area (Å²) in [4.78, 5) is 8.26. The number of ether oxygens (including phenoxy) is 3. The molecule has 140 valence electrons. The van der Waals surface area contributed by atoms with Crippen molar-refractivity contribution in [3.63, 3.8) is 0 Å². The van der Waals surface area contributed by atoms with Crippen LogP contribution >= 0.6 is 11.6 Å². The lowest BCUT2D eigenvalue weighted by Gasteiger charge is -2.14. The molecule has 1 heterocycles. The smallest absolute Gasteiger partial charge is 0.213 e. The molecule has 0 bridgehead atoms. The molecule has 0 aliphatic rings. The molecule has 0 atom stereocenters. The summed E-state index contributed by atoms with van der Waals surface area (Å²) in [7, 11) is 3.31. The molecule has 1 aromatic carbocycles. The maximum atomic E-state index is 5.79. The summed E-state index contributed by atoms with van der Waals surface area (Å²) in [6, 6.07) is 9.06. The van der Waals surface area contributed by atoms with Crippen molar-refractivity contribution in [1.29, 1.82) is 0 Å². The van der Waals surface area contributed by atoms with E-state index in [0.717, 1.165) is 5.69 Å². The Morgan fingerprint density at radius 3 is 2.69 bits per heavy atom. The van der Waals surface area contributed by atoms with Gasteiger partial charge in [-0.05, 0) is 25.1 Å². The van der Waals surface area contributed by atoms with Crippen LogP contribution in [0.1, 0.15) is 6.92 Å². The third-order valence-electron chi connectivity index (χ3n) is 3.29. The van der Waals surface area contributed by atoms with E-state index in [0.29, 0.717) is 48.1 Å². The van der Waals surface area contributed by atoms with Crippen LogP contribution in [0.2, 0.25) is 5.02 Å². The van der Waals surface area contributed by atoms with Gasteiger partial charge in [-0.25, -0.2) is 4.98 Å². The van der Waals surface area contributed by atoms with E-state index in [1.54, 1.807) is 32.5 Å². The van der Waals surface area contributed by atoms with Gasteiger partial charge in [-0.1, -0.05) is 11.6 Å². The molecule has 0 radical (unpaired) electrons. The van der Waals surface area contributed by atoms with Gasteiger partial charge < -0.3 is 24.8 Å². The van der Waals surface area contributed by atoms with E-state index in [1.165, 1.54) is 0 Å². The summed E-state index contributed by atoms with van der Waals surface area (Å²) in [6.45, 7) is 3.47. The van der Waals surface area contributed by atoms with Crippen LogP contribution in [0.5, 0.6) is 17.4 Å². The minimum absolute atomic E-state index is 0.433. The first-order valence-electron chi connectivity index (χ1n) is 8.19. The van der Waals surface area contributed by atoms with Crippen LogP contribution in [-0.2, 0) is 0 Å². The highest BCUT2D eigenvalue weighted by atomic mass is 35.5. The van der Waals surface area contributed by atoms with Gasteiger partial charge in [0.15, 0.2) is 17.5 Å². The maximum Gasteiger partial charge on any atom is 0.213 e. The van der Waals surface area contributed by atoms with Gasteiger partial charge in [0, 0.05) is 31.1 Å². The Bertz CT molecular complexity index is 723. The van der Waals surface area contributed by atoms with E-state index in [1.807, 2.05) is 25.1 Å². The van der Waals surface area contributed by atoms with Gasteiger partial charge in [0.1, 0.15) is 6.61 Å². The Balaban J connectivity index is 1.85. The largest absolute Gasteiger partial charge is 0.493 e. The molecule has 2 aromatic rings. The fraction of sp³-hybridized carbons (Fsp3) is 0.333. The quantitative estimate of drug-likeness (QED) is 0.417. The third-order valence-corrected chi connectivity index (χ3v) is 3.52. The minimum atomic E-state index is 0.433. The van der Waals surface area contributed by atoms with Gasteiger partial charge in [0.2, 0.25) is 5.88 Å². The van der Waals surface area contributed by atoms with Crippen molar-refractivity contribution in [2.75, 3.05) is 39.2 Å². The molecule has 2 rings (SSSR count). The van der Waals surface area contributed by atoms with Crippen molar-refractivity contribution >= 4 is 23.2 Å². The van der Waals surface area contributed by atoms with E-state index in [9.17, 15) is 0 Å². The number of guanidine groups is 1. The Labute approximate surface area is 158 Å². The molecule has 0 saturated carbocycles. The number of hydrogen-bond acceptors (Lipinski definition) is 5. The standard InChI is InChI=1S/C18H23ClN4O3/c1-4-25-16-11-14(6-7-15(16)24-3)23-18(20-2)21-9-10-26-17-8-5-13(19)12-22-17/h5-8,11-12H,4,9-10H2,1-3H3,(H2,20,21,23). The van der Waals surface area contributed by atoms with Crippen LogP contribution < -0.4 is 24.8 Å². The molecule has 0 aliphatic carbocycles. The molecule has 1 aromatic heterocycles. The average Bonchev–Trinajstić information content (AvgIpc) is 2.66. The fourth-order valence-corrected chi connectivity index (χ4v) is 2.22. The predicted octanol–water partition coefficient (Wildman–Crippen LogP) is 3.21. The summed E-state index contributed by atoms with van der Waals surface area (Å²) in [5.74, 6) is 2.50. The van der Waals surface area contributed by atoms with Gasteiger partial charge in [-0.2, -0.15) is 0 Å². The Hall–Kier alpha value is -2.67. The van der Waals surface area contributed by atoms with Crippen LogP contribution in [0.15, 0.2) is 41.5 Å². The minimum Gasteiger partial charge on any atom is -0.493 e. The number of anilines is 1. The lowest BCUT2D eigenvalue weighted by atomic mass is 10.2. The monoisotopic (exact) mass is 378 g/mol. The molecule has 0 fully saturated rings. The zero-order valence-corrected chi connectivity index (χ0v) is 15.8. The number of aliphatic imine (C=N–C) groups is 1. The van der Waals surface area contributed by atoms with Crippen LogP contribution in [0.25, 0.3) is 0 Å². The summed E-state index contributed by atoms with van der Waals surface area (Å²) in [5, 5.41) is 6.94. The zero-order valence-electron chi connectivity index (χ0n) is 15.1. The van der Waals surface area contributed by atoms with E-state index < -0.39 is 0 Å². The summed E-state index contributed by atoms with van der Waals surface area (Å²) < 4.78 is 16.4. The van der Waals surface area contributed by atoms with Gasteiger partial charge in [0.25, 0.3) is 0 Å². The molecule has 8 heteroatoms. The molecule has 0 spiro atoms. The number of aromatic nitrogens is 1. The van der Waals surface area contributed by atoms with Crippen LogP contribution in [-0.4, -0.2) is 44.9 Å². The van der Waals surface area contributed by atoms with Crippen molar-refractivity contribution < 1.29 is 14.2 Å². The SMILES string of the molecule is CCOc1cc(NC(=NC)NCCOc2ccc(Cl)cn2)ccc1OC. The molecule has 0 amide bonds. The van der Waals surface area contributed by atoms with Crippen molar-refractivity contribution in [3.05, 3.63) is 41.6 Å². The second kappa shape index (κ2) is 10.4. The molecule has 7 nitrogen and oxygen atoms in total. The third kappa shape index (κ3) is 6.00. The normalized spacial score (nSPS) is 11.0. The number of methoxy groups -OCH3 is 1. The highest BCUT2D eigenvalue weighted by Crippen LogP contribution is 2.30. The molecule has 0 saturated heterocycles. The van der Waals surface area contributed by atoms with Crippen LogP contribution in [0, 0.1) is 0 Å². The lowest BCUT2D eigenvalue weighted by molar-refractivity contribution is 0.310. The summed E-state index contributed by atoms with van der Waals surface area (Å²) in [5.41, 5.74) is 0.836. The molecule has 26 heavy (non-hydrogen) atoms. The summed E-state index contributed by atoms with van der Waals surface area (Å²) in [6.07, 6.45) is 1.55. The van der Waals surface area contributed by atoms with Gasteiger partial charge >= 0.3 is 0 Å². The van der Waals surface area contributed by atoms with Crippen molar-refractivity contribution in [2.45, 2.75) is 6.92 Å². The van der Waals surface area contributed by atoms with Crippen LogP contribution in [0.3, 0.4) is 0 Å². The number of benzene rings is 1. The number of rotatable bonds is 8. The number of pyridine rings is 1. The van der Waals surface area contributed by atoms with E-state index in [4.69, 9.17) is 25.8 Å². The first-order chi connectivity index (χ1) is 12.7. The van der Waals surface area contributed by atoms with Gasteiger partial charge in [-0.15, -0.1) is 0 Å². The van der Waals surface area contributed by atoms with Crippen molar-refractivity contribution in [2.24, 2.45) is 4.99 Å². The number of hydrogen-bond donors (Lipinski definition) is 2. The highest BCUT2D eigenvalue weighted by Gasteiger charge is 2.07. The topological polar surface area (TPSA) is 77.0 Å². The molecular weight excluding hydrogens is 356 g/mol. The maximum absolute atomic E-state index is 5.79. The first kappa shape index (κ1) is 19.7. The van der Waals surface area contributed by atoms with E-state index in [-0.39, 0.29) is 0 Å². The lowest BCUT2D eigenvalue weighted by Crippen LogP contribution is -2.33. The number of nitrogens with one attached hydrogen (secondary N) is 2. The number of halogens is 1. The van der Waals surface area contributed by atoms with Crippen molar-refractivity contribution in [1.82, 2.24) is 10.3 Å².